The molecule has 0 aromatic rings. The summed E-state index contributed by atoms with van der Waals surface area (Å²) in [6.07, 6.45) is -0.194. The van der Waals surface area contributed by atoms with Gasteiger partial charge in [0.1, 0.15) is 24.8 Å². The molecular weight excluding hydrogens is 409 g/mol. The van der Waals surface area contributed by atoms with Crippen LogP contribution in [0.5, 0.6) is 0 Å². The number of carbonyl (C=O) groups is 3. The number of nitrogens with zero attached hydrogens (tertiary/aromatic N) is 1. The number of amides is 2. The summed E-state index contributed by atoms with van der Waals surface area (Å²) < 4.78 is 3.21. The molecule has 1 fully saturated rings. The highest BCUT2D eigenvalue weighted by molar-refractivity contribution is 6.67. The molecule has 2 unspecified atom stereocenters. The van der Waals surface area contributed by atoms with E-state index in [-0.39, 0.29) is 5.92 Å². The number of alkyl halides is 3. The van der Waals surface area contributed by atoms with Crippen LogP contribution >= 0.6 is 34.8 Å². The van der Waals surface area contributed by atoms with E-state index < -0.39 is 46.4 Å². The number of ether oxygens (including phenoxy) is 1. The van der Waals surface area contributed by atoms with Crippen molar-refractivity contribution in [2.75, 3.05) is 13.2 Å². The Morgan fingerprint density at radius 1 is 1.31 bits per heavy atom. The number of hydrogen-bond donors (Lipinski definition) is 3. The zero-order chi connectivity index (χ0) is 20.1. The largest absolute Gasteiger partial charge is 0.460 e. The summed E-state index contributed by atoms with van der Waals surface area (Å²) in [6.45, 7) is 4.84. The molecule has 0 aliphatic carbocycles. The first-order valence-electron chi connectivity index (χ1n) is 8.21. The van der Waals surface area contributed by atoms with Gasteiger partial charge in [-0.3, -0.25) is 19.4 Å². The normalized spacial score (nSPS) is 20.5. The van der Waals surface area contributed by atoms with E-state index in [1.54, 1.807) is 13.8 Å². The fraction of sp³-hybridized carbons (Fsp3) is 0.800. The molecule has 0 radical (unpaired) electrons. The molecule has 1 aliphatic rings. The van der Waals surface area contributed by atoms with Crippen LogP contribution in [-0.2, 0) is 19.1 Å². The molecule has 26 heavy (non-hydrogen) atoms. The van der Waals surface area contributed by atoms with E-state index in [2.05, 4.69) is 10.7 Å². The molecule has 1 rings (SSSR count). The van der Waals surface area contributed by atoms with Crippen molar-refractivity contribution in [3.63, 3.8) is 0 Å². The fourth-order valence-electron chi connectivity index (χ4n) is 2.27. The summed E-state index contributed by atoms with van der Waals surface area (Å²) >= 11 is 16.6. The van der Waals surface area contributed by atoms with Crippen molar-refractivity contribution in [1.82, 2.24) is 15.8 Å². The summed E-state index contributed by atoms with van der Waals surface area (Å²) in [5, 5.41) is 13.4. The van der Waals surface area contributed by atoms with Gasteiger partial charge in [-0.05, 0) is 25.7 Å². The van der Waals surface area contributed by atoms with Crippen LogP contribution in [0.1, 0.15) is 33.6 Å². The minimum atomic E-state index is -1.71. The molecule has 8 nitrogen and oxygen atoms in total. The molecule has 0 aromatic carbocycles. The molecule has 0 saturated carbocycles. The van der Waals surface area contributed by atoms with Crippen molar-refractivity contribution in [3.05, 3.63) is 0 Å². The van der Waals surface area contributed by atoms with E-state index in [4.69, 9.17) is 39.5 Å². The van der Waals surface area contributed by atoms with Crippen LogP contribution < -0.4 is 10.7 Å². The van der Waals surface area contributed by atoms with Gasteiger partial charge in [-0.25, -0.2) is 5.43 Å². The zero-order valence-electron chi connectivity index (χ0n) is 14.8. The number of rotatable bonds is 6. The molecule has 1 saturated heterocycles. The van der Waals surface area contributed by atoms with Crippen LogP contribution in [0.3, 0.4) is 0 Å². The van der Waals surface area contributed by atoms with Crippen LogP contribution in [0, 0.1) is 5.92 Å². The Hall–Kier alpha value is -0.800. The van der Waals surface area contributed by atoms with E-state index in [1.807, 2.05) is 0 Å². The molecular formula is C15H24Cl3N3O5. The maximum Gasteiger partial charge on any atom is 0.325 e. The maximum absolute atomic E-state index is 12.5. The minimum Gasteiger partial charge on any atom is -0.460 e. The lowest BCUT2D eigenvalue weighted by atomic mass is 10.1. The fourth-order valence-corrected chi connectivity index (χ4v) is 2.43. The van der Waals surface area contributed by atoms with Crippen LogP contribution in [0.2, 0.25) is 0 Å². The Morgan fingerprint density at radius 3 is 2.46 bits per heavy atom. The van der Waals surface area contributed by atoms with Crippen molar-refractivity contribution in [3.8, 4) is 0 Å². The Bertz CT molecular complexity index is 527. The Labute approximate surface area is 167 Å². The van der Waals surface area contributed by atoms with Gasteiger partial charge in [-0.1, -0.05) is 48.7 Å². The van der Waals surface area contributed by atoms with Crippen molar-refractivity contribution in [2.45, 2.75) is 55.6 Å². The summed E-state index contributed by atoms with van der Waals surface area (Å²) in [7, 11) is 0. The predicted molar refractivity (Wildman–Crippen MR) is 97.6 cm³/mol. The second-order valence-electron chi connectivity index (χ2n) is 6.46. The third kappa shape index (κ3) is 7.44. The van der Waals surface area contributed by atoms with Crippen LogP contribution in [0.25, 0.3) is 0 Å². The summed E-state index contributed by atoms with van der Waals surface area (Å²) in [6, 6.07) is -1.64. The molecule has 0 spiro atoms. The number of carbonyl (C=O) groups excluding carboxylic acids is 3. The van der Waals surface area contributed by atoms with E-state index in [0.717, 1.165) is 0 Å². The van der Waals surface area contributed by atoms with Crippen LogP contribution in [-0.4, -0.2) is 63.0 Å². The second kappa shape index (κ2) is 9.94. The lowest BCUT2D eigenvalue weighted by Crippen LogP contribution is -2.60. The molecule has 11 heteroatoms. The standard InChI is InChI=1S/C15H24Cl3N3O5/c1-8(2)11(22)12(23)19-9(3)13(24)21-6-4-5-10(20-21)14(25)26-7-15(16,17)18/h8-11,20,22H,4-7H2,1-3H3,(H,19,23)/t9?,10-,11?/m0/s1. The topological polar surface area (TPSA) is 108 Å². The summed E-state index contributed by atoms with van der Waals surface area (Å²) in [5.41, 5.74) is 2.76. The lowest BCUT2D eigenvalue weighted by Gasteiger charge is -2.34. The number of esters is 1. The average Bonchev–Trinajstić information content (AvgIpc) is 2.57. The molecule has 1 heterocycles. The van der Waals surface area contributed by atoms with E-state index in [9.17, 15) is 19.5 Å². The predicted octanol–water partition coefficient (Wildman–Crippen LogP) is 0.917. The molecule has 0 aromatic heterocycles. The van der Waals surface area contributed by atoms with E-state index in [0.29, 0.717) is 19.4 Å². The molecule has 3 atom stereocenters. The third-order valence-electron chi connectivity index (χ3n) is 3.74. The number of halogens is 3. The van der Waals surface area contributed by atoms with Gasteiger partial charge in [0, 0.05) is 6.54 Å². The Kier molecular flexibility index (Phi) is 8.88. The second-order valence-corrected chi connectivity index (χ2v) is 8.97. The monoisotopic (exact) mass is 431 g/mol. The van der Waals surface area contributed by atoms with Crippen molar-refractivity contribution in [2.24, 2.45) is 5.92 Å². The Balaban J connectivity index is 2.58. The first kappa shape index (κ1) is 23.2. The van der Waals surface area contributed by atoms with E-state index >= 15 is 0 Å². The van der Waals surface area contributed by atoms with Crippen LogP contribution in [0.4, 0.5) is 0 Å². The van der Waals surface area contributed by atoms with Gasteiger partial charge in [0.25, 0.3) is 5.91 Å². The molecule has 2 amide bonds. The number of hydrogen-bond acceptors (Lipinski definition) is 6. The van der Waals surface area contributed by atoms with Gasteiger partial charge in [-0.15, -0.1) is 0 Å². The molecule has 0 bridgehead atoms. The zero-order valence-corrected chi connectivity index (χ0v) is 17.1. The van der Waals surface area contributed by atoms with Crippen LogP contribution in [0.15, 0.2) is 0 Å². The van der Waals surface area contributed by atoms with Gasteiger partial charge < -0.3 is 15.2 Å². The maximum atomic E-state index is 12.5. The summed E-state index contributed by atoms with van der Waals surface area (Å²) in [5.74, 6) is -1.98. The Morgan fingerprint density at radius 2 is 1.92 bits per heavy atom. The van der Waals surface area contributed by atoms with Crippen molar-refractivity contribution >= 4 is 52.6 Å². The molecule has 150 valence electrons. The van der Waals surface area contributed by atoms with Gasteiger partial charge in [-0.2, -0.15) is 0 Å². The SMILES string of the molecule is CC(NC(=O)C(O)C(C)C)C(=O)N1CCC[C@@H](C(=O)OCC(Cl)(Cl)Cl)N1. The minimum absolute atomic E-state index is 0.275. The smallest absolute Gasteiger partial charge is 0.325 e. The van der Waals surface area contributed by atoms with E-state index in [1.165, 1.54) is 11.9 Å². The number of aliphatic hydroxyl groups excluding tert-OH is 1. The first-order chi connectivity index (χ1) is 11.9. The highest BCUT2D eigenvalue weighted by Crippen LogP contribution is 2.26. The quantitative estimate of drug-likeness (QED) is 0.425. The van der Waals surface area contributed by atoms with Crippen molar-refractivity contribution in [1.29, 1.82) is 0 Å². The van der Waals surface area contributed by atoms with Gasteiger partial charge in [0.15, 0.2) is 0 Å². The highest BCUT2D eigenvalue weighted by atomic mass is 35.6. The van der Waals surface area contributed by atoms with Gasteiger partial charge >= 0.3 is 5.97 Å². The lowest BCUT2D eigenvalue weighted by molar-refractivity contribution is -0.153. The molecule has 1 aliphatic heterocycles. The average molecular weight is 433 g/mol. The number of nitrogens with one attached hydrogen (secondary N) is 2. The third-order valence-corrected chi connectivity index (χ3v) is 4.07. The first-order valence-corrected chi connectivity index (χ1v) is 9.35. The highest BCUT2D eigenvalue weighted by Gasteiger charge is 2.33. The van der Waals surface area contributed by atoms with Gasteiger partial charge in [0.2, 0.25) is 9.70 Å². The number of hydrazine groups is 1. The summed E-state index contributed by atoms with van der Waals surface area (Å²) in [4.78, 5) is 36.4. The van der Waals surface area contributed by atoms with Crippen molar-refractivity contribution < 1.29 is 24.2 Å². The number of aliphatic hydroxyl groups is 1. The molecule has 3 N–H and O–H groups in total. The van der Waals surface area contributed by atoms with Gasteiger partial charge in [0.05, 0.1) is 0 Å².